The molecule has 7 heterocycles. The average Bonchev–Trinajstić information content (AvgIpc) is 3.84. The summed E-state index contributed by atoms with van der Waals surface area (Å²) in [5.41, 5.74) is 2.46. The van der Waals surface area contributed by atoms with E-state index in [2.05, 4.69) is 15.4 Å². The van der Waals surface area contributed by atoms with Crippen molar-refractivity contribution in [3.05, 3.63) is 83.8 Å². The Hall–Kier alpha value is -5.62. The van der Waals surface area contributed by atoms with Gasteiger partial charge in [-0.15, -0.1) is 0 Å². The number of fused-ring (bicyclic) bond motifs is 6. The van der Waals surface area contributed by atoms with Gasteiger partial charge in [0.1, 0.15) is 46.6 Å². The van der Waals surface area contributed by atoms with Crippen LogP contribution in [0.2, 0.25) is 0 Å². The van der Waals surface area contributed by atoms with Crippen molar-refractivity contribution in [1.29, 1.82) is 0 Å². The van der Waals surface area contributed by atoms with Crippen molar-refractivity contribution in [2.45, 2.75) is 44.5 Å². The number of rotatable bonds is 5. The predicted octanol–water partition coefficient (Wildman–Crippen LogP) is 4.09. The summed E-state index contributed by atoms with van der Waals surface area (Å²) in [5.74, 6) is -0.670. The Morgan fingerprint density at radius 1 is 0.964 bits per heavy atom. The zero-order valence-electron chi connectivity index (χ0n) is 30.7. The number of aryl methyl sites for hydroxylation is 1. The molecule has 0 spiro atoms. The van der Waals surface area contributed by atoms with Crippen LogP contribution in [0.15, 0.2) is 54.7 Å². The molecule has 4 aromatic heterocycles. The molecule has 0 unspecified atom stereocenters. The summed E-state index contributed by atoms with van der Waals surface area (Å²) in [5, 5.41) is 8.36. The Balaban J connectivity index is 1.16. The van der Waals surface area contributed by atoms with Crippen LogP contribution in [0.4, 0.5) is 24.8 Å². The van der Waals surface area contributed by atoms with Crippen LogP contribution in [0.1, 0.15) is 18.1 Å². The van der Waals surface area contributed by atoms with E-state index in [1.54, 1.807) is 19.1 Å². The lowest BCUT2D eigenvalue weighted by Gasteiger charge is -2.31. The van der Waals surface area contributed by atoms with E-state index < -0.39 is 39.4 Å². The first-order chi connectivity index (χ1) is 26.8. The fourth-order valence-corrected chi connectivity index (χ4v) is 9.81. The summed E-state index contributed by atoms with van der Waals surface area (Å²) in [6.07, 6.45) is 1.57. The van der Waals surface area contributed by atoms with Crippen LogP contribution in [0.5, 0.6) is 0 Å². The molecular formula is C38H37F3N10O4S. The first-order valence-corrected chi connectivity index (χ1v) is 20.0. The summed E-state index contributed by atoms with van der Waals surface area (Å²) < 4.78 is 77.5. The molecule has 1 amide bonds. The van der Waals surface area contributed by atoms with E-state index in [1.165, 1.54) is 29.1 Å². The zero-order valence-corrected chi connectivity index (χ0v) is 31.5. The van der Waals surface area contributed by atoms with Gasteiger partial charge in [-0.3, -0.25) is 4.79 Å². The maximum absolute atomic E-state index is 15.2. The number of sulfone groups is 1. The maximum Gasteiger partial charge on any atom is 0.245 e. The molecule has 290 valence electrons. The minimum absolute atomic E-state index is 0.00877. The Morgan fingerprint density at radius 3 is 2.55 bits per heavy atom. The van der Waals surface area contributed by atoms with Crippen molar-refractivity contribution in [2.24, 2.45) is 5.92 Å². The highest BCUT2D eigenvalue weighted by Gasteiger charge is 2.42. The molecule has 2 aromatic carbocycles. The quantitative estimate of drug-likeness (QED) is 0.269. The number of carbonyl (C=O) groups excluding carboxylic acids is 1. The number of methoxy groups -OCH3 is 1. The number of hydrogen-bond acceptors (Lipinski definition) is 11. The standard InChI is InChI=1S/C38H37F3N10O4S/c1-20-43-30-12-23(40)10-26-29-5-4-6-33(45-29)44-24-13-32(38(52)48(2)16-25(55-3)17-49(20)35(26)30)50(15-24)36-27-14-42-51(31-8-7-22(39)11-28(31)41)37(27)47-34(46-36)9-21-18-56(53,54)19-21/h4-8,10-12,14,21,24-25,32H,9,13,15-19H2,1-3H3,(H,44,45)/t24-,25+,32-/m0/s1. The van der Waals surface area contributed by atoms with E-state index in [1.807, 2.05) is 34.6 Å². The second-order valence-corrected chi connectivity index (χ2v) is 17.0. The Labute approximate surface area is 319 Å². The van der Waals surface area contributed by atoms with E-state index in [9.17, 15) is 17.6 Å². The molecule has 14 nitrogen and oxygen atoms in total. The summed E-state index contributed by atoms with van der Waals surface area (Å²) in [6, 6.07) is 10.4. The molecule has 3 atom stereocenters. The van der Waals surface area contributed by atoms with Crippen molar-refractivity contribution in [3.8, 4) is 16.9 Å². The molecular weight excluding hydrogens is 750 g/mol. The van der Waals surface area contributed by atoms with Gasteiger partial charge in [-0.05, 0) is 49.6 Å². The van der Waals surface area contributed by atoms with Crippen molar-refractivity contribution < 1.29 is 31.1 Å². The number of nitrogens with zero attached hydrogens (tertiary/aromatic N) is 9. The Bertz CT molecular complexity index is 2660. The number of amides is 1. The zero-order chi connectivity index (χ0) is 39.0. The van der Waals surface area contributed by atoms with Gasteiger partial charge < -0.3 is 24.4 Å². The van der Waals surface area contributed by atoms with E-state index in [0.29, 0.717) is 63.9 Å². The number of carbonyl (C=O) groups is 1. The smallest absolute Gasteiger partial charge is 0.245 e. The van der Waals surface area contributed by atoms with Gasteiger partial charge in [-0.25, -0.2) is 46.2 Å². The fourth-order valence-electron chi connectivity index (χ4n) is 8.23. The number of aromatic nitrogens is 7. The van der Waals surface area contributed by atoms with Crippen molar-refractivity contribution in [3.63, 3.8) is 0 Å². The number of pyridine rings is 1. The Morgan fingerprint density at radius 2 is 1.79 bits per heavy atom. The SMILES string of the molecule is CO[C@@H]1CN(C)C(=O)[C@@H]2C[C@@H](CN2c2nc(CC3CS(=O)(=O)C3)nc3c2cnn3-c2ccc(F)cc2F)Nc2cccc(n2)-c2cc(F)cc3nc(C)n(c23)C1. The third-order valence-electron chi connectivity index (χ3n) is 10.8. The molecule has 3 aliphatic heterocycles. The second kappa shape index (κ2) is 13.5. The van der Waals surface area contributed by atoms with Crippen LogP contribution in [-0.4, -0.2) is 110 Å². The molecule has 2 fully saturated rings. The van der Waals surface area contributed by atoms with Gasteiger partial charge in [-0.1, -0.05) is 6.07 Å². The number of ether oxygens (including phenoxy) is 1. The summed E-state index contributed by atoms with van der Waals surface area (Å²) in [4.78, 5) is 37.4. The largest absolute Gasteiger partial charge is 0.378 e. The lowest BCUT2D eigenvalue weighted by molar-refractivity contribution is -0.132. The fraction of sp³-hybridized carbons (Fsp3) is 0.368. The van der Waals surface area contributed by atoms with Gasteiger partial charge in [0.25, 0.3) is 0 Å². The van der Waals surface area contributed by atoms with Crippen LogP contribution in [0, 0.1) is 30.3 Å². The molecule has 0 radical (unpaired) electrons. The number of hydrogen-bond donors (Lipinski definition) is 1. The monoisotopic (exact) mass is 786 g/mol. The van der Waals surface area contributed by atoms with Gasteiger partial charge in [0.2, 0.25) is 5.91 Å². The minimum atomic E-state index is -3.15. The van der Waals surface area contributed by atoms with Crippen molar-refractivity contribution in [1.82, 2.24) is 39.2 Å². The van der Waals surface area contributed by atoms with E-state index in [0.717, 1.165) is 12.1 Å². The summed E-state index contributed by atoms with van der Waals surface area (Å²) in [6.45, 7) is 2.64. The first-order valence-electron chi connectivity index (χ1n) is 18.2. The number of anilines is 2. The van der Waals surface area contributed by atoms with Gasteiger partial charge in [-0.2, -0.15) is 5.10 Å². The number of likely N-dealkylation sites (N-methyl/N-ethyl adjacent to an activating group) is 1. The molecule has 0 aliphatic carbocycles. The van der Waals surface area contributed by atoms with Gasteiger partial charge >= 0.3 is 0 Å². The summed E-state index contributed by atoms with van der Waals surface area (Å²) >= 11 is 0. The van der Waals surface area contributed by atoms with E-state index in [4.69, 9.17) is 19.7 Å². The molecule has 0 saturated carbocycles. The lowest BCUT2D eigenvalue weighted by atomic mass is 10.1. The molecule has 1 N–H and O–H groups in total. The molecule has 18 heteroatoms. The topological polar surface area (TPSA) is 153 Å². The van der Waals surface area contributed by atoms with Crippen LogP contribution in [0.25, 0.3) is 39.0 Å². The molecule has 6 aromatic rings. The van der Waals surface area contributed by atoms with Gasteiger partial charge in [0, 0.05) is 57.4 Å². The lowest BCUT2D eigenvalue weighted by Crippen LogP contribution is -2.47. The Kier molecular flexibility index (Phi) is 8.72. The normalized spacial score (nSPS) is 21.2. The second-order valence-electron chi connectivity index (χ2n) is 14.8. The van der Waals surface area contributed by atoms with Gasteiger partial charge in [0.05, 0.1) is 52.5 Å². The molecule has 3 aliphatic rings. The highest BCUT2D eigenvalue weighted by Crippen LogP contribution is 2.36. The van der Waals surface area contributed by atoms with Crippen LogP contribution < -0.4 is 10.2 Å². The van der Waals surface area contributed by atoms with Crippen LogP contribution in [0.3, 0.4) is 0 Å². The molecule has 56 heavy (non-hydrogen) atoms. The van der Waals surface area contributed by atoms with E-state index in [-0.39, 0.29) is 60.2 Å². The number of halogens is 3. The van der Waals surface area contributed by atoms with E-state index >= 15 is 8.78 Å². The molecule has 2 saturated heterocycles. The maximum atomic E-state index is 15.2. The highest BCUT2D eigenvalue weighted by atomic mass is 32.2. The average molecular weight is 787 g/mol. The number of benzene rings is 2. The van der Waals surface area contributed by atoms with Crippen molar-refractivity contribution >= 4 is 49.4 Å². The minimum Gasteiger partial charge on any atom is -0.378 e. The predicted molar refractivity (Wildman–Crippen MR) is 202 cm³/mol. The molecule has 9 rings (SSSR count). The van der Waals surface area contributed by atoms with Crippen LogP contribution in [-0.2, 0) is 32.3 Å². The number of imidazole rings is 1. The third-order valence-corrected chi connectivity index (χ3v) is 12.8. The number of nitrogens with one attached hydrogen (secondary N) is 1. The molecule has 4 bridgehead atoms. The summed E-state index contributed by atoms with van der Waals surface area (Å²) in [7, 11) is 0.141. The third kappa shape index (κ3) is 6.39. The van der Waals surface area contributed by atoms with Crippen molar-refractivity contribution in [2.75, 3.05) is 49.0 Å². The first kappa shape index (κ1) is 36.0. The van der Waals surface area contributed by atoms with Gasteiger partial charge in [0.15, 0.2) is 21.3 Å². The highest BCUT2D eigenvalue weighted by molar-refractivity contribution is 7.92. The van der Waals surface area contributed by atoms with Crippen LogP contribution >= 0.6 is 0 Å².